The first-order valence-corrected chi connectivity index (χ1v) is 19.7. The van der Waals surface area contributed by atoms with E-state index in [9.17, 15) is 0 Å². The van der Waals surface area contributed by atoms with Crippen LogP contribution >= 0.6 is 11.3 Å². The number of hydrogen-bond acceptors (Lipinski definition) is 1. The molecule has 0 aliphatic rings. The van der Waals surface area contributed by atoms with Crippen LogP contribution in [0, 0.1) is 0 Å². The standard InChI is InChI=1S/C54H34S/c1-2-22-47-45(20-1)46-21-3-4-23-48(46)52-34-42(28-29-49(47)52)40-17-9-15-38(32-40)36-13-7-12-35(30-36)37-14-8-16-39(31-37)41-18-10-19-43(33-41)44-25-11-26-51-50-24-5-6-27-53(50)55-54(44)51/h1-34H. The van der Waals surface area contributed by atoms with Gasteiger partial charge in [0.25, 0.3) is 0 Å². The number of fused-ring (bicyclic) bond motifs is 9. The van der Waals surface area contributed by atoms with Gasteiger partial charge in [-0.3, -0.25) is 0 Å². The van der Waals surface area contributed by atoms with Crippen molar-refractivity contribution in [1.29, 1.82) is 0 Å². The molecule has 10 aromatic carbocycles. The molecule has 1 heterocycles. The van der Waals surface area contributed by atoms with Crippen LogP contribution in [-0.2, 0) is 0 Å². The lowest BCUT2D eigenvalue weighted by Crippen LogP contribution is -1.86. The maximum Gasteiger partial charge on any atom is 0.0433 e. The molecule has 1 heteroatoms. The van der Waals surface area contributed by atoms with Gasteiger partial charge in [-0.25, -0.2) is 0 Å². The molecule has 0 N–H and O–H groups in total. The summed E-state index contributed by atoms with van der Waals surface area (Å²) in [5.74, 6) is 0. The summed E-state index contributed by atoms with van der Waals surface area (Å²) in [7, 11) is 0. The van der Waals surface area contributed by atoms with Crippen molar-refractivity contribution in [3.63, 3.8) is 0 Å². The zero-order valence-corrected chi connectivity index (χ0v) is 30.9. The zero-order chi connectivity index (χ0) is 36.3. The molecule has 11 rings (SSSR count). The number of benzene rings is 10. The zero-order valence-electron chi connectivity index (χ0n) is 30.0. The van der Waals surface area contributed by atoms with E-state index in [0.29, 0.717) is 0 Å². The summed E-state index contributed by atoms with van der Waals surface area (Å²) in [6.07, 6.45) is 0. The Labute approximate surface area is 324 Å². The van der Waals surface area contributed by atoms with Crippen molar-refractivity contribution < 1.29 is 0 Å². The average Bonchev–Trinajstić information content (AvgIpc) is 3.66. The predicted octanol–water partition coefficient (Wildman–Crippen LogP) is 15.8. The summed E-state index contributed by atoms with van der Waals surface area (Å²) >= 11 is 1.88. The fourth-order valence-corrected chi connectivity index (χ4v) is 9.80. The Kier molecular flexibility index (Phi) is 7.46. The lowest BCUT2D eigenvalue weighted by molar-refractivity contribution is 1.57. The lowest BCUT2D eigenvalue weighted by atomic mass is 9.91. The predicted molar refractivity (Wildman–Crippen MR) is 239 cm³/mol. The Hall–Kier alpha value is -6.80. The van der Waals surface area contributed by atoms with Crippen LogP contribution in [0.4, 0.5) is 0 Å². The van der Waals surface area contributed by atoms with Gasteiger partial charge < -0.3 is 0 Å². The van der Waals surface area contributed by atoms with Crippen LogP contribution in [0.15, 0.2) is 206 Å². The van der Waals surface area contributed by atoms with Gasteiger partial charge in [0, 0.05) is 20.2 Å². The molecule has 0 unspecified atom stereocenters. The molecule has 0 aliphatic heterocycles. The topological polar surface area (TPSA) is 0 Å². The van der Waals surface area contributed by atoms with Crippen molar-refractivity contribution >= 4 is 63.8 Å². The molecule has 0 saturated heterocycles. The minimum atomic E-state index is 1.21. The molecule has 0 atom stereocenters. The molecular weight excluding hydrogens is 681 g/mol. The van der Waals surface area contributed by atoms with E-state index in [2.05, 4.69) is 206 Å². The molecule has 0 aliphatic carbocycles. The summed E-state index contributed by atoms with van der Waals surface area (Å²) in [5.41, 5.74) is 12.2. The minimum absolute atomic E-state index is 1.21. The molecular formula is C54H34S. The van der Waals surface area contributed by atoms with Gasteiger partial charge in [-0.05, 0) is 124 Å². The number of hydrogen-bond donors (Lipinski definition) is 0. The third-order valence-corrected chi connectivity index (χ3v) is 12.5. The molecule has 0 fully saturated rings. The molecule has 55 heavy (non-hydrogen) atoms. The van der Waals surface area contributed by atoms with Crippen LogP contribution in [0.3, 0.4) is 0 Å². The second-order valence-electron chi connectivity index (χ2n) is 14.5. The highest BCUT2D eigenvalue weighted by Crippen LogP contribution is 2.41. The van der Waals surface area contributed by atoms with Gasteiger partial charge in [-0.15, -0.1) is 11.3 Å². The summed E-state index contributed by atoms with van der Waals surface area (Å²) in [6.45, 7) is 0. The monoisotopic (exact) mass is 714 g/mol. The van der Waals surface area contributed by atoms with E-state index in [1.54, 1.807) is 0 Å². The normalized spacial score (nSPS) is 11.6. The number of rotatable bonds is 5. The van der Waals surface area contributed by atoms with Gasteiger partial charge >= 0.3 is 0 Å². The highest BCUT2D eigenvalue weighted by atomic mass is 32.1. The first-order chi connectivity index (χ1) is 27.2. The SMILES string of the molecule is c1cc(-c2cccc(-c3cccc(-c4cccc5c4sc4ccccc45)c3)c2)cc(-c2cccc(-c3ccc4c5ccccc5c5ccccc5c4c3)c2)c1. The molecule has 0 bridgehead atoms. The molecule has 0 radical (unpaired) electrons. The average molecular weight is 715 g/mol. The highest BCUT2D eigenvalue weighted by molar-refractivity contribution is 7.26. The van der Waals surface area contributed by atoms with Gasteiger partial charge in [0.1, 0.15) is 0 Å². The molecule has 0 nitrogen and oxygen atoms in total. The Morgan fingerprint density at radius 2 is 0.582 bits per heavy atom. The van der Waals surface area contributed by atoms with Crippen molar-refractivity contribution in [3.05, 3.63) is 206 Å². The Morgan fingerprint density at radius 3 is 1.11 bits per heavy atom. The van der Waals surface area contributed by atoms with Crippen molar-refractivity contribution in [2.75, 3.05) is 0 Å². The van der Waals surface area contributed by atoms with E-state index in [0.717, 1.165) is 0 Å². The third-order valence-electron chi connectivity index (χ3n) is 11.2. The molecule has 11 aromatic rings. The van der Waals surface area contributed by atoms with Crippen LogP contribution < -0.4 is 0 Å². The van der Waals surface area contributed by atoms with Gasteiger partial charge in [-0.2, -0.15) is 0 Å². The van der Waals surface area contributed by atoms with E-state index in [1.807, 2.05) is 11.3 Å². The van der Waals surface area contributed by atoms with Crippen LogP contribution in [0.1, 0.15) is 0 Å². The molecule has 0 amide bonds. The van der Waals surface area contributed by atoms with E-state index >= 15 is 0 Å². The van der Waals surface area contributed by atoms with Crippen LogP contribution in [0.2, 0.25) is 0 Å². The third kappa shape index (κ3) is 5.44. The Morgan fingerprint density at radius 1 is 0.218 bits per heavy atom. The molecule has 0 spiro atoms. The Bertz CT molecular complexity index is 3240. The molecule has 0 saturated carbocycles. The maximum absolute atomic E-state index is 2.38. The lowest BCUT2D eigenvalue weighted by Gasteiger charge is -2.13. The Balaban J connectivity index is 0.936. The summed E-state index contributed by atoms with van der Waals surface area (Å²) in [6, 6.07) is 75.9. The largest absolute Gasteiger partial charge is 0.135 e. The quantitative estimate of drug-likeness (QED) is 0.156. The van der Waals surface area contributed by atoms with Crippen molar-refractivity contribution in [2.24, 2.45) is 0 Å². The second-order valence-corrected chi connectivity index (χ2v) is 15.5. The van der Waals surface area contributed by atoms with Crippen molar-refractivity contribution in [3.8, 4) is 55.6 Å². The number of thiophene rings is 1. The van der Waals surface area contributed by atoms with Crippen molar-refractivity contribution in [1.82, 2.24) is 0 Å². The second kappa shape index (κ2) is 13.0. The fraction of sp³-hybridized carbons (Fsp3) is 0. The smallest absolute Gasteiger partial charge is 0.0433 e. The van der Waals surface area contributed by atoms with Gasteiger partial charge in [0.05, 0.1) is 0 Å². The first kappa shape index (κ1) is 31.7. The van der Waals surface area contributed by atoms with E-state index < -0.39 is 0 Å². The summed E-state index contributed by atoms with van der Waals surface area (Å²) < 4.78 is 2.68. The van der Waals surface area contributed by atoms with Crippen LogP contribution in [0.25, 0.3) is 108 Å². The van der Waals surface area contributed by atoms with E-state index in [-0.39, 0.29) is 0 Å². The maximum atomic E-state index is 2.38. The summed E-state index contributed by atoms with van der Waals surface area (Å²) in [4.78, 5) is 0. The van der Waals surface area contributed by atoms with Crippen molar-refractivity contribution in [2.45, 2.75) is 0 Å². The fourth-order valence-electron chi connectivity index (χ4n) is 8.56. The van der Waals surface area contributed by atoms with E-state index in [4.69, 9.17) is 0 Å². The van der Waals surface area contributed by atoms with Gasteiger partial charge in [0.2, 0.25) is 0 Å². The summed E-state index contributed by atoms with van der Waals surface area (Å²) in [5, 5.41) is 10.5. The molecule has 256 valence electrons. The van der Waals surface area contributed by atoms with E-state index in [1.165, 1.54) is 108 Å². The van der Waals surface area contributed by atoms with Crippen LogP contribution in [-0.4, -0.2) is 0 Å². The minimum Gasteiger partial charge on any atom is -0.135 e. The first-order valence-electron chi connectivity index (χ1n) is 18.9. The van der Waals surface area contributed by atoms with Gasteiger partial charge in [-0.1, -0.05) is 170 Å². The van der Waals surface area contributed by atoms with Gasteiger partial charge in [0.15, 0.2) is 0 Å². The highest BCUT2D eigenvalue weighted by Gasteiger charge is 2.13. The molecule has 1 aromatic heterocycles. The van der Waals surface area contributed by atoms with Crippen LogP contribution in [0.5, 0.6) is 0 Å².